The van der Waals surface area contributed by atoms with Crippen LogP contribution < -0.4 is 59.1 Å². The van der Waals surface area contributed by atoms with Crippen molar-refractivity contribution in [3.63, 3.8) is 0 Å². The van der Waals surface area contributed by atoms with Crippen LogP contribution in [0.15, 0.2) is 0 Å². The number of rotatable bonds is 0. The molecule has 0 fully saturated rings. The minimum Gasteiger partial charge on any atom is -1.00 e. The second-order valence-corrected chi connectivity index (χ2v) is 0.749. The predicted octanol–water partition coefficient (Wildman–Crippen LogP) is -4.25. The monoisotopic (exact) mass is 150 g/mol. The van der Waals surface area contributed by atoms with Gasteiger partial charge in [-0.2, -0.15) is 13.2 Å². The van der Waals surface area contributed by atoms with Crippen LogP contribution in [-0.2, 0) is 0 Å². The SMILES string of the molecule is FCC(F)(F)F.[H-].[H-].[Na+].[Na+]. The summed E-state index contributed by atoms with van der Waals surface area (Å²) >= 11 is 0. The molecule has 0 aliphatic heterocycles. The first-order valence-electron chi connectivity index (χ1n) is 1.19. The third kappa shape index (κ3) is 15.6. The van der Waals surface area contributed by atoms with E-state index in [4.69, 9.17) is 0 Å². The van der Waals surface area contributed by atoms with Gasteiger partial charge in [0, 0.05) is 0 Å². The van der Waals surface area contributed by atoms with Gasteiger partial charge in [0.25, 0.3) is 0 Å². The van der Waals surface area contributed by atoms with E-state index >= 15 is 0 Å². The molecule has 0 aliphatic rings. The molecule has 0 aliphatic carbocycles. The average Bonchev–Trinajstić information content (AvgIpc) is 1.35. The van der Waals surface area contributed by atoms with Gasteiger partial charge in [-0.15, -0.1) is 0 Å². The third-order valence-electron chi connectivity index (χ3n) is 0.152. The standard InChI is InChI=1S/C2H2F4.2Na.2H/c3-1-2(4,5)6;;;;/h1H2;;;;/q;2*+1;2*-1. The number of hydrogen-bond acceptors (Lipinski definition) is 0. The van der Waals surface area contributed by atoms with Crippen LogP contribution in [0.3, 0.4) is 0 Å². The van der Waals surface area contributed by atoms with Crippen molar-refractivity contribution >= 4 is 0 Å². The second-order valence-electron chi connectivity index (χ2n) is 0.749. The van der Waals surface area contributed by atoms with E-state index in [9.17, 15) is 17.6 Å². The van der Waals surface area contributed by atoms with Crippen LogP contribution in [0, 0.1) is 0 Å². The van der Waals surface area contributed by atoms with Gasteiger partial charge >= 0.3 is 65.3 Å². The van der Waals surface area contributed by atoms with Crippen molar-refractivity contribution in [3.05, 3.63) is 0 Å². The van der Waals surface area contributed by atoms with E-state index in [1.165, 1.54) is 0 Å². The van der Waals surface area contributed by atoms with Gasteiger partial charge in [0.15, 0.2) is 6.67 Å². The molecule has 0 aromatic heterocycles. The molecule has 0 bridgehead atoms. The maximum absolute atomic E-state index is 10.4. The molecule has 0 nitrogen and oxygen atoms in total. The topological polar surface area (TPSA) is 0 Å². The quantitative estimate of drug-likeness (QED) is 0.242. The largest absolute Gasteiger partial charge is 1.00 e. The van der Waals surface area contributed by atoms with Crippen molar-refractivity contribution in [2.24, 2.45) is 0 Å². The van der Waals surface area contributed by atoms with Gasteiger partial charge in [0.2, 0.25) is 0 Å². The zero-order valence-electron chi connectivity index (χ0n) is 6.72. The Bertz CT molecular complexity index is 49.0. The van der Waals surface area contributed by atoms with Crippen LogP contribution in [0.4, 0.5) is 17.6 Å². The minimum absolute atomic E-state index is 0. The molecule has 0 rings (SSSR count). The first-order valence-corrected chi connectivity index (χ1v) is 1.19. The molecule has 0 heterocycles. The zero-order chi connectivity index (χ0) is 5.21. The Labute approximate surface area is 91.6 Å². The molecule has 8 heavy (non-hydrogen) atoms. The Balaban J connectivity index is -0.0000000208. The van der Waals surface area contributed by atoms with E-state index in [1.54, 1.807) is 0 Å². The average molecular weight is 150 g/mol. The van der Waals surface area contributed by atoms with Crippen molar-refractivity contribution in [1.82, 2.24) is 0 Å². The minimum atomic E-state index is -4.62. The molecule has 0 amide bonds. The molecule has 0 saturated carbocycles. The van der Waals surface area contributed by atoms with Gasteiger partial charge < -0.3 is 2.85 Å². The fraction of sp³-hybridized carbons (Fsp3) is 1.00. The summed E-state index contributed by atoms with van der Waals surface area (Å²) in [5, 5.41) is 0. The van der Waals surface area contributed by atoms with E-state index in [-0.39, 0.29) is 62.0 Å². The molecule has 0 spiro atoms. The van der Waals surface area contributed by atoms with Gasteiger partial charge in [0.1, 0.15) is 0 Å². The van der Waals surface area contributed by atoms with Gasteiger partial charge in [-0.25, -0.2) is 4.39 Å². The first-order chi connectivity index (χ1) is 2.56. The van der Waals surface area contributed by atoms with Crippen LogP contribution in [0.5, 0.6) is 0 Å². The predicted molar refractivity (Wildman–Crippen MR) is 14.3 cm³/mol. The maximum atomic E-state index is 10.4. The molecule has 0 unspecified atom stereocenters. The fourth-order valence-electron chi connectivity index (χ4n) is 0. The fourth-order valence-corrected chi connectivity index (χ4v) is 0. The summed E-state index contributed by atoms with van der Waals surface area (Å²) in [7, 11) is 0. The van der Waals surface area contributed by atoms with E-state index in [2.05, 4.69) is 0 Å². The smallest absolute Gasteiger partial charge is 1.00 e. The van der Waals surface area contributed by atoms with Gasteiger partial charge in [0.05, 0.1) is 0 Å². The zero-order valence-corrected chi connectivity index (χ0v) is 8.72. The Morgan fingerprint density at radius 1 is 1.12 bits per heavy atom. The van der Waals surface area contributed by atoms with Crippen molar-refractivity contribution in [3.8, 4) is 0 Å². The summed E-state index contributed by atoms with van der Waals surface area (Å²) in [5.74, 6) is 0. The van der Waals surface area contributed by atoms with E-state index < -0.39 is 12.9 Å². The molecule has 0 radical (unpaired) electrons. The van der Waals surface area contributed by atoms with Crippen molar-refractivity contribution < 1.29 is 79.5 Å². The number of alkyl halides is 4. The third-order valence-corrected chi connectivity index (χ3v) is 0.152. The van der Waals surface area contributed by atoms with Crippen molar-refractivity contribution in [2.45, 2.75) is 6.18 Å². The van der Waals surface area contributed by atoms with E-state index in [0.717, 1.165) is 0 Å². The molecule has 6 heteroatoms. The molecule has 0 aromatic carbocycles. The van der Waals surface area contributed by atoms with Crippen LogP contribution in [0.1, 0.15) is 2.85 Å². The van der Waals surface area contributed by atoms with Crippen LogP contribution in [0.2, 0.25) is 0 Å². The van der Waals surface area contributed by atoms with Crippen LogP contribution in [0.25, 0.3) is 0 Å². The van der Waals surface area contributed by atoms with E-state index in [0.29, 0.717) is 0 Å². The molecule has 42 valence electrons. The van der Waals surface area contributed by atoms with Gasteiger partial charge in [-0.1, -0.05) is 0 Å². The Hall–Kier alpha value is 1.72. The molecule has 0 N–H and O–H groups in total. The summed E-state index contributed by atoms with van der Waals surface area (Å²) in [6.45, 7) is -2.23. The summed E-state index contributed by atoms with van der Waals surface area (Å²) in [6, 6.07) is 0. The van der Waals surface area contributed by atoms with E-state index in [1.807, 2.05) is 0 Å². The summed E-state index contributed by atoms with van der Waals surface area (Å²) in [4.78, 5) is 0. The molecule has 0 atom stereocenters. The number of hydrogen-bond donors (Lipinski definition) is 0. The molecular formula is C2H4F4Na2. The van der Waals surface area contributed by atoms with Gasteiger partial charge in [-0.3, -0.25) is 0 Å². The van der Waals surface area contributed by atoms with Crippen LogP contribution >= 0.6 is 0 Å². The molecule has 0 aromatic rings. The summed E-state index contributed by atoms with van der Waals surface area (Å²) in [6.07, 6.45) is -4.62. The Morgan fingerprint density at radius 3 is 1.25 bits per heavy atom. The Kier molecular flexibility index (Phi) is 14.0. The maximum Gasteiger partial charge on any atom is 1.00 e. The first kappa shape index (κ1) is 16.4. The Morgan fingerprint density at radius 2 is 1.25 bits per heavy atom. The summed E-state index contributed by atoms with van der Waals surface area (Å²) in [5.41, 5.74) is 0. The van der Waals surface area contributed by atoms with Gasteiger partial charge in [-0.05, 0) is 0 Å². The normalized spacial score (nSPS) is 9.00. The van der Waals surface area contributed by atoms with Crippen molar-refractivity contribution in [1.29, 1.82) is 0 Å². The number of halogens is 4. The molecular weight excluding hydrogens is 146 g/mol. The molecule has 0 saturated heterocycles. The summed E-state index contributed by atoms with van der Waals surface area (Å²) < 4.78 is 41.6. The van der Waals surface area contributed by atoms with Crippen LogP contribution in [-0.4, -0.2) is 12.9 Å². The van der Waals surface area contributed by atoms with Crippen molar-refractivity contribution in [2.75, 3.05) is 6.67 Å². The second kappa shape index (κ2) is 6.83.